The summed E-state index contributed by atoms with van der Waals surface area (Å²) in [6.45, 7) is 1.23. The van der Waals surface area contributed by atoms with Crippen molar-refractivity contribution >= 4 is 21.4 Å². The first-order chi connectivity index (χ1) is 14.9. The number of nitrogens with zero attached hydrogens (tertiary/aromatic N) is 5. The predicted octanol–water partition coefficient (Wildman–Crippen LogP) is 2.96. The number of nitro groups is 1. The Bertz CT molecular complexity index is 1160. The van der Waals surface area contributed by atoms with Crippen molar-refractivity contribution in [1.29, 1.82) is 0 Å². The van der Waals surface area contributed by atoms with Gasteiger partial charge in [-0.1, -0.05) is 18.6 Å². The second-order valence-corrected chi connectivity index (χ2v) is 9.20. The van der Waals surface area contributed by atoms with Gasteiger partial charge in [-0.25, -0.2) is 18.1 Å². The van der Waals surface area contributed by atoms with Gasteiger partial charge in [0.2, 0.25) is 10.0 Å². The molecule has 0 radical (unpaired) electrons. The van der Waals surface area contributed by atoms with Crippen LogP contribution < -0.4 is 5.32 Å². The van der Waals surface area contributed by atoms with E-state index in [2.05, 4.69) is 15.4 Å². The van der Waals surface area contributed by atoms with Crippen LogP contribution in [0.3, 0.4) is 0 Å². The zero-order valence-electron chi connectivity index (χ0n) is 16.7. The van der Waals surface area contributed by atoms with Gasteiger partial charge in [-0.2, -0.15) is 9.40 Å². The molecule has 31 heavy (non-hydrogen) atoms. The second-order valence-electron chi connectivity index (χ2n) is 7.26. The Morgan fingerprint density at radius 3 is 2.45 bits per heavy atom. The highest BCUT2D eigenvalue weighted by molar-refractivity contribution is 7.89. The molecule has 0 saturated carbocycles. The van der Waals surface area contributed by atoms with Crippen molar-refractivity contribution in [2.75, 3.05) is 18.4 Å². The number of rotatable bonds is 7. The monoisotopic (exact) mass is 442 g/mol. The lowest BCUT2D eigenvalue weighted by atomic mass is 10.2. The molecule has 10 nitrogen and oxygen atoms in total. The topological polar surface area (TPSA) is 123 Å². The van der Waals surface area contributed by atoms with E-state index < -0.39 is 14.9 Å². The van der Waals surface area contributed by atoms with Crippen LogP contribution in [0.25, 0.3) is 5.69 Å². The van der Waals surface area contributed by atoms with Gasteiger partial charge in [0.1, 0.15) is 18.3 Å². The number of anilines is 1. The van der Waals surface area contributed by atoms with Crippen LogP contribution in [0.15, 0.2) is 60.0 Å². The molecule has 0 aliphatic carbocycles. The maximum atomic E-state index is 12.9. The Labute approximate surface area is 179 Å². The maximum Gasteiger partial charge on any atom is 0.293 e. The smallest absolute Gasteiger partial charge is 0.293 e. The first kappa shape index (κ1) is 20.9. The highest BCUT2D eigenvalue weighted by Gasteiger charge is 2.28. The SMILES string of the molecule is O=[N+]([O-])c1cc(S(=O)(=O)N2CCCCC2)ccc1NCc1ccc(-n2cncn2)cc1. The Balaban J connectivity index is 1.51. The minimum Gasteiger partial charge on any atom is -0.375 e. The molecule has 1 N–H and O–H groups in total. The van der Waals surface area contributed by atoms with Crippen molar-refractivity contribution in [3.05, 3.63) is 70.8 Å². The van der Waals surface area contributed by atoms with E-state index in [1.54, 1.807) is 11.0 Å². The van der Waals surface area contributed by atoms with Gasteiger partial charge in [0, 0.05) is 25.7 Å². The molecule has 3 aromatic rings. The standard InChI is InChI=1S/C20H22N6O4S/c27-26(28)20-12-18(31(29,30)24-10-2-1-3-11-24)8-9-19(20)22-13-16-4-6-17(7-5-16)25-15-21-14-23-25/h4-9,12,14-15,22H,1-3,10-11,13H2. The molecule has 0 amide bonds. The summed E-state index contributed by atoms with van der Waals surface area (Å²) in [5.74, 6) is 0. The molecule has 0 spiro atoms. The summed E-state index contributed by atoms with van der Waals surface area (Å²) in [7, 11) is -3.74. The fourth-order valence-corrected chi connectivity index (χ4v) is 5.07. The normalized spacial score (nSPS) is 15.0. The van der Waals surface area contributed by atoms with Crippen molar-refractivity contribution in [1.82, 2.24) is 19.1 Å². The van der Waals surface area contributed by atoms with Gasteiger partial charge in [-0.3, -0.25) is 10.1 Å². The molecule has 0 atom stereocenters. The number of sulfonamides is 1. The second kappa shape index (κ2) is 8.82. The summed E-state index contributed by atoms with van der Waals surface area (Å²) < 4.78 is 28.7. The van der Waals surface area contributed by atoms with Gasteiger partial charge in [0.05, 0.1) is 15.5 Å². The first-order valence-electron chi connectivity index (χ1n) is 9.91. The lowest BCUT2D eigenvalue weighted by Crippen LogP contribution is -2.35. The maximum absolute atomic E-state index is 12.9. The average Bonchev–Trinajstić information content (AvgIpc) is 3.33. The number of hydrogen-bond donors (Lipinski definition) is 1. The van der Waals surface area contributed by atoms with Gasteiger partial charge in [-0.15, -0.1) is 0 Å². The molecule has 0 bridgehead atoms. The van der Waals surface area contributed by atoms with Crippen molar-refractivity contribution in [2.45, 2.75) is 30.7 Å². The minimum atomic E-state index is -3.74. The zero-order chi connectivity index (χ0) is 21.8. The van der Waals surface area contributed by atoms with Crippen LogP contribution >= 0.6 is 0 Å². The molecule has 11 heteroatoms. The number of nitro benzene ring substituents is 1. The summed E-state index contributed by atoms with van der Waals surface area (Å²) >= 11 is 0. The van der Waals surface area contributed by atoms with Gasteiger partial charge in [0.15, 0.2) is 0 Å². The predicted molar refractivity (Wildman–Crippen MR) is 114 cm³/mol. The molecule has 1 aliphatic rings. The Morgan fingerprint density at radius 1 is 1.06 bits per heavy atom. The van der Waals surface area contributed by atoms with Crippen LogP contribution in [0.2, 0.25) is 0 Å². The molecule has 1 fully saturated rings. The van der Waals surface area contributed by atoms with Crippen LogP contribution in [0, 0.1) is 10.1 Å². The van der Waals surface area contributed by atoms with Gasteiger partial charge in [-0.05, 0) is 42.7 Å². The molecule has 0 unspecified atom stereocenters. The number of hydrogen-bond acceptors (Lipinski definition) is 7. The van der Waals surface area contributed by atoms with E-state index in [4.69, 9.17) is 0 Å². The minimum absolute atomic E-state index is 0.0520. The van der Waals surface area contributed by atoms with Crippen LogP contribution in [0.1, 0.15) is 24.8 Å². The van der Waals surface area contributed by atoms with Crippen LogP contribution in [-0.2, 0) is 16.6 Å². The molecule has 162 valence electrons. The third kappa shape index (κ3) is 4.57. The molecule has 4 rings (SSSR count). The third-order valence-electron chi connectivity index (χ3n) is 5.22. The fraction of sp³-hybridized carbons (Fsp3) is 0.300. The number of benzene rings is 2. The number of nitrogens with one attached hydrogen (secondary N) is 1. The lowest BCUT2D eigenvalue weighted by molar-refractivity contribution is -0.384. The van der Waals surface area contributed by atoms with Gasteiger partial charge in [0.25, 0.3) is 5.69 Å². The Kier molecular flexibility index (Phi) is 5.96. The Morgan fingerprint density at radius 2 is 1.81 bits per heavy atom. The van der Waals surface area contributed by atoms with E-state index in [1.165, 1.54) is 22.8 Å². The molecule has 2 heterocycles. The third-order valence-corrected chi connectivity index (χ3v) is 7.12. The summed E-state index contributed by atoms with van der Waals surface area (Å²) in [6.07, 6.45) is 5.64. The van der Waals surface area contributed by atoms with Crippen molar-refractivity contribution in [3.63, 3.8) is 0 Å². The van der Waals surface area contributed by atoms with Crippen LogP contribution in [-0.4, -0.2) is 45.5 Å². The quantitative estimate of drug-likeness (QED) is 0.441. The molecule has 1 aromatic heterocycles. The molecule has 2 aromatic carbocycles. The van der Waals surface area contributed by atoms with Crippen LogP contribution in [0.4, 0.5) is 11.4 Å². The van der Waals surface area contributed by atoms with Crippen molar-refractivity contribution in [2.24, 2.45) is 0 Å². The number of piperidine rings is 1. The zero-order valence-corrected chi connectivity index (χ0v) is 17.5. The van der Waals surface area contributed by atoms with E-state index in [9.17, 15) is 18.5 Å². The first-order valence-corrected chi connectivity index (χ1v) is 11.4. The molecular weight excluding hydrogens is 420 g/mol. The van der Waals surface area contributed by atoms with E-state index in [-0.39, 0.29) is 16.3 Å². The van der Waals surface area contributed by atoms with E-state index in [1.807, 2.05) is 24.3 Å². The fourth-order valence-electron chi connectivity index (χ4n) is 3.53. The van der Waals surface area contributed by atoms with E-state index in [0.717, 1.165) is 36.6 Å². The summed E-state index contributed by atoms with van der Waals surface area (Å²) in [6, 6.07) is 11.5. The van der Waals surface area contributed by atoms with Gasteiger partial charge >= 0.3 is 0 Å². The van der Waals surface area contributed by atoms with Crippen LogP contribution in [0.5, 0.6) is 0 Å². The van der Waals surface area contributed by atoms with E-state index >= 15 is 0 Å². The lowest BCUT2D eigenvalue weighted by Gasteiger charge is -2.25. The van der Waals surface area contributed by atoms with Crippen molar-refractivity contribution < 1.29 is 13.3 Å². The molecule has 1 aliphatic heterocycles. The highest BCUT2D eigenvalue weighted by Crippen LogP contribution is 2.30. The summed E-state index contributed by atoms with van der Waals surface area (Å²) in [5.41, 5.74) is 1.75. The highest BCUT2D eigenvalue weighted by atomic mass is 32.2. The number of aromatic nitrogens is 3. The summed E-state index contributed by atoms with van der Waals surface area (Å²) in [5, 5.41) is 18.7. The Hall–Kier alpha value is -3.31. The summed E-state index contributed by atoms with van der Waals surface area (Å²) in [4.78, 5) is 14.9. The van der Waals surface area contributed by atoms with Crippen molar-refractivity contribution in [3.8, 4) is 5.69 Å². The average molecular weight is 443 g/mol. The molecule has 1 saturated heterocycles. The van der Waals surface area contributed by atoms with E-state index in [0.29, 0.717) is 19.6 Å². The molecular formula is C20H22N6O4S. The largest absolute Gasteiger partial charge is 0.375 e. The van der Waals surface area contributed by atoms with Gasteiger partial charge < -0.3 is 5.32 Å².